The van der Waals surface area contributed by atoms with Gasteiger partial charge in [-0.1, -0.05) is 18.2 Å². The summed E-state index contributed by atoms with van der Waals surface area (Å²) in [6.07, 6.45) is 0. The lowest BCUT2D eigenvalue weighted by molar-refractivity contribution is 0.0716. The van der Waals surface area contributed by atoms with Crippen molar-refractivity contribution in [1.29, 1.82) is 0 Å². The SMILES string of the molecule is COc1ccc([C@H]2[C@H]3CNC[C@H]3CN2C(=O)c2cccc3ncsc23)cc1.Cl. The standard InChI is InChI=1S/C21H21N3O2S.ClH/c1-26-15-7-5-13(6-8-15)19-17-10-22-9-14(17)11-24(19)21(25)16-3-2-4-18-20(16)27-12-23-18;/h2-8,12,14,17,19,22H,9-11H2,1H3;1H/t14-,17-,19-;/m0./s1. The van der Waals surface area contributed by atoms with Crippen molar-refractivity contribution in [3.63, 3.8) is 0 Å². The van der Waals surface area contributed by atoms with E-state index in [0.29, 0.717) is 11.8 Å². The van der Waals surface area contributed by atoms with Crippen molar-refractivity contribution in [3.8, 4) is 5.75 Å². The van der Waals surface area contributed by atoms with E-state index < -0.39 is 0 Å². The zero-order chi connectivity index (χ0) is 18.4. The molecule has 3 atom stereocenters. The molecule has 2 aliphatic heterocycles. The van der Waals surface area contributed by atoms with E-state index in [1.54, 1.807) is 7.11 Å². The van der Waals surface area contributed by atoms with Gasteiger partial charge in [-0.2, -0.15) is 0 Å². The van der Waals surface area contributed by atoms with Gasteiger partial charge in [-0.3, -0.25) is 4.79 Å². The minimum Gasteiger partial charge on any atom is -0.497 e. The first-order chi connectivity index (χ1) is 13.3. The number of ether oxygens (including phenoxy) is 1. The number of methoxy groups -OCH3 is 1. The van der Waals surface area contributed by atoms with Crippen molar-refractivity contribution < 1.29 is 9.53 Å². The Morgan fingerprint density at radius 3 is 2.82 bits per heavy atom. The van der Waals surface area contributed by atoms with E-state index >= 15 is 0 Å². The van der Waals surface area contributed by atoms with E-state index in [-0.39, 0.29) is 24.4 Å². The van der Waals surface area contributed by atoms with Gasteiger partial charge in [0, 0.05) is 25.6 Å². The lowest BCUT2D eigenvalue weighted by Crippen LogP contribution is -2.34. The fraction of sp³-hybridized carbons (Fsp3) is 0.333. The number of halogens is 1. The fourth-order valence-corrected chi connectivity index (χ4v) is 5.36. The highest BCUT2D eigenvalue weighted by molar-refractivity contribution is 7.17. The summed E-state index contributed by atoms with van der Waals surface area (Å²) in [4.78, 5) is 20.0. The summed E-state index contributed by atoms with van der Waals surface area (Å²) in [5.41, 5.74) is 4.65. The number of carbonyl (C=O) groups is 1. The van der Waals surface area contributed by atoms with Crippen molar-refractivity contribution in [2.45, 2.75) is 6.04 Å². The van der Waals surface area contributed by atoms with Crippen LogP contribution in [0.5, 0.6) is 5.75 Å². The summed E-state index contributed by atoms with van der Waals surface area (Å²) >= 11 is 1.54. The molecular formula is C21H22ClN3O2S. The second-order valence-corrected chi connectivity index (χ2v) is 8.12. The molecule has 5 nitrogen and oxygen atoms in total. The molecule has 2 fully saturated rings. The number of hydrogen-bond donors (Lipinski definition) is 1. The highest BCUT2D eigenvalue weighted by Crippen LogP contribution is 2.44. The monoisotopic (exact) mass is 415 g/mol. The quantitative estimate of drug-likeness (QED) is 0.707. The second kappa shape index (κ2) is 7.70. The molecular weight excluding hydrogens is 394 g/mol. The van der Waals surface area contributed by atoms with Gasteiger partial charge < -0.3 is 15.0 Å². The summed E-state index contributed by atoms with van der Waals surface area (Å²) in [5.74, 6) is 1.90. The highest BCUT2D eigenvalue weighted by Gasteiger charge is 2.47. The number of hydrogen-bond acceptors (Lipinski definition) is 5. The van der Waals surface area contributed by atoms with Gasteiger partial charge in [0.25, 0.3) is 5.91 Å². The maximum Gasteiger partial charge on any atom is 0.255 e. The van der Waals surface area contributed by atoms with Gasteiger partial charge in [0.1, 0.15) is 5.75 Å². The number of nitrogens with zero attached hydrogens (tertiary/aromatic N) is 2. The largest absolute Gasteiger partial charge is 0.497 e. The van der Waals surface area contributed by atoms with Crippen molar-refractivity contribution in [2.24, 2.45) is 11.8 Å². The molecule has 0 unspecified atom stereocenters. The van der Waals surface area contributed by atoms with Crippen LogP contribution >= 0.6 is 23.7 Å². The molecule has 2 saturated heterocycles. The number of nitrogens with one attached hydrogen (secondary N) is 1. The first kappa shape index (κ1) is 19.2. The zero-order valence-corrected chi connectivity index (χ0v) is 17.1. The number of benzene rings is 2. The van der Waals surface area contributed by atoms with Crippen molar-refractivity contribution >= 4 is 39.9 Å². The van der Waals surface area contributed by atoms with E-state index in [1.165, 1.54) is 16.9 Å². The Kier molecular flexibility index (Phi) is 5.27. The van der Waals surface area contributed by atoms with E-state index in [4.69, 9.17) is 4.74 Å². The van der Waals surface area contributed by atoms with Gasteiger partial charge in [-0.15, -0.1) is 23.7 Å². The van der Waals surface area contributed by atoms with Crippen LogP contribution in [0.25, 0.3) is 10.2 Å². The number of thiazole rings is 1. The molecule has 0 spiro atoms. The Balaban J connectivity index is 0.00000192. The number of likely N-dealkylation sites (tertiary alicyclic amines) is 1. The molecule has 2 aliphatic rings. The van der Waals surface area contributed by atoms with E-state index in [0.717, 1.165) is 41.2 Å². The van der Waals surface area contributed by atoms with Crippen LogP contribution in [0.15, 0.2) is 48.0 Å². The molecule has 0 aliphatic carbocycles. The van der Waals surface area contributed by atoms with Gasteiger partial charge in [0.15, 0.2) is 0 Å². The predicted molar refractivity (Wildman–Crippen MR) is 113 cm³/mol. The Bertz CT molecular complexity index is 991. The summed E-state index contributed by atoms with van der Waals surface area (Å²) < 4.78 is 6.28. The minimum atomic E-state index is 0. The predicted octanol–water partition coefficient (Wildman–Crippen LogP) is 3.76. The molecule has 3 heterocycles. The number of rotatable bonds is 3. The normalized spacial score (nSPS) is 23.5. The summed E-state index contributed by atoms with van der Waals surface area (Å²) in [6, 6.07) is 14.1. The van der Waals surface area contributed by atoms with Crippen LogP contribution in [-0.4, -0.2) is 42.5 Å². The van der Waals surface area contributed by atoms with Gasteiger partial charge in [0.05, 0.1) is 34.4 Å². The Morgan fingerprint density at radius 2 is 2.04 bits per heavy atom. The van der Waals surface area contributed by atoms with Crippen LogP contribution in [0.3, 0.4) is 0 Å². The summed E-state index contributed by atoms with van der Waals surface area (Å²) in [6.45, 7) is 2.73. The second-order valence-electron chi connectivity index (χ2n) is 7.26. The third-order valence-corrected chi connectivity index (χ3v) is 6.75. The fourth-order valence-electron chi connectivity index (χ4n) is 4.57. The molecule has 7 heteroatoms. The van der Waals surface area contributed by atoms with Gasteiger partial charge in [0.2, 0.25) is 0 Å². The highest BCUT2D eigenvalue weighted by atomic mass is 35.5. The molecule has 3 aromatic rings. The Labute approximate surface area is 174 Å². The topological polar surface area (TPSA) is 54.5 Å². The number of amides is 1. The van der Waals surface area contributed by atoms with Crippen LogP contribution in [-0.2, 0) is 0 Å². The van der Waals surface area contributed by atoms with Gasteiger partial charge in [-0.25, -0.2) is 4.98 Å². The van der Waals surface area contributed by atoms with Crippen molar-refractivity contribution in [3.05, 3.63) is 59.1 Å². The van der Waals surface area contributed by atoms with Crippen molar-refractivity contribution in [1.82, 2.24) is 15.2 Å². The average molecular weight is 416 g/mol. The number of aromatic nitrogens is 1. The molecule has 0 bridgehead atoms. The van der Waals surface area contributed by atoms with E-state index in [2.05, 4.69) is 27.3 Å². The summed E-state index contributed by atoms with van der Waals surface area (Å²) in [7, 11) is 1.67. The van der Waals surface area contributed by atoms with E-state index in [1.807, 2.05) is 35.8 Å². The smallest absolute Gasteiger partial charge is 0.255 e. The molecule has 1 N–H and O–H groups in total. The van der Waals surface area contributed by atoms with Crippen LogP contribution in [0, 0.1) is 11.8 Å². The molecule has 28 heavy (non-hydrogen) atoms. The van der Waals surface area contributed by atoms with Crippen LogP contribution in [0.4, 0.5) is 0 Å². The lowest BCUT2D eigenvalue weighted by atomic mass is 9.89. The Hall–Kier alpha value is -2.15. The first-order valence-electron chi connectivity index (χ1n) is 9.24. The van der Waals surface area contributed by atoms with Crippen molar-refractivity contribution in [2.75, 3.05) is 26.7 Å². The average Bonchev–Trinajstić information content (AvgIpc) is 3.42. The molecule has 2 aromatic carbocycles. The van der Waals surface area contributed by atoms with Gasteiger partial charge >= 0.3 is 0 Å². The minimum absolute atomic E-state index is 0. The molecule has 0 saturated carbocycles. The lowest BCUT2D eigenvalue weighted by Gasteiger charge is -2.29. The third-order valence-electron chi connectivity index (χ3n) is 5.87. The zero-order valence-electron chi connectivity index (χ0n) is 15.5. The van der Waals surface area contributed by atoms with Crippen LogP contribution in [0.1, 0.15) is 22.0 Å². The summed E-state index contributed by atoms with van der Waals surface area (Å²) in [5, 5.41) is 3.50. The number of carbonyl (C=O) groups excluding carboxylic acids is 1. The Morgan fingerprint density at radius 1 is 1.21 bits per heavy atom. The van der Waals surface area contributed by atoms with Crippen LogP contribution < -0.4 is 10.1 Å². The first-order valence-corrected chi connectivity index (χ1v) is 10.1. The molecule has 1 aromatic heterocycles. The molecule has 0 radical (unpaired) electrons. The third kappa shape index (κ3) is 3.05. The number of fused-ring (bicyclic) bond motifs is 2. The molecule has 146 valence electrons. The maximum absolute atomic E-state index is 13.6. The van der Waals surface area contributed by atoms with E-state index in [9.17, 15) is 4.79 Å². The van der Waals surface area contributed by atoms with Gasteiger partial charge in [-0.05, 0) is 35.7 Å². The molecule has 1 amide bonds. The van der Waals surface area contributed by atoms with Crippen LogP contribution in [0.2, 0.25) is 0 Å². The molecule has 5 rings (SSSR count). The maximum atomic E-state index is 13.6.